The van der Waals surface area contributed by atoms with Crippen LogP contribution >= 0.6 is 0 Å². The van der Waals surface area contributed by atoms with Crippen molar-refractivity contribution in [2.75, 3.05) is 13.2 Å². The Balaban J connectivity index is 3.03. The standard InChI is InChI=1S/C16H23NO3S/c1-13(2)9-10-17-21(19,20)16-8-7-14(3)12-15(16)6-4-5-11-18/h7-8,12-13,17-18H,5,9-11H2,1-3H3. The lowest BCUT2D eigenvalue weighted by atomic mass is 10.1. The lowest BCUT2D eigenvalue weighted by Crippen LogP contribution is -2.26. The molecule has 0 unspecified atom stereocenters. The number of rotatable bonds is 6. The molecule has 0 atom stereocenters. The molecule has 0 aliphatic carbocycles. The van der Waals surface area contributed by atoms with Crippen LogP contribution in [0.15, 0.2) is 23.1 Å². The van der Waals surface area contributed by atoms with Gasteiger partial charge >= 0.3 is 0 Å². The quantitative estimate of drug-likeness (QED) is 0.790. The Morgan fingerprint density at radius 3 is 2.67 bits per heavy atom. The molecule has 1 rings (SSSR count). The first-order valence-corrected chi connectivity index (χ1v) is 8.55. The summed E-state index contributed by atoms with van der Waals surface area (Å²) in [7, 11) is -3.56. The van der Waals surface area contributed by atoms with Crippen LogP contribution in [0.25, 0.3) is 0 Å². The van der Waals surface area contributed by atoms with Gasteiger partial charge in [-0.1, -0.05) is 31.8 Å². The molecule has 1 aromatic carbocycles. The summed E-state index contributed by atoms with van der Waals surface area (Å²) in [6, 6.07) is 5.09. The van der Waals surface area contributed by atoms with Gasteiger partial charge in [0.05, 0.1) is 11.5 Å². The SMILES string of the molecule is Cc1ccc(S(=O)(=O)NCCC(C)C)c(C#CCCO)c1. The molecular formula is C16H23NO3S. The third-order valence-corrected chi connectivity index (χ3v) is 4.42. The molecule has 0 aromatic heterocycles. The molecule has 0 saturated heterocycles. The maximum Gasteiger partial charge on any atom is 0.241 e. The molecule has 21 heavy (non-hydrogen) atoms. The molecule has 0 aliphatic heterocycles. The summed E-state index contributed by atoms with van der Waals surface area (Å²) >= 11 is 0. The van der Waals surface area contributed by atoms with Gasteiger partial charge in [-0.25, -0.2) is 13.1 Å². The van der Waals surface area contributed by atoms with E-state index in [2.05, 4.69) is 16.6 Å². The normalized spacial score (nSPS) is 11.3. The number of aliphatic hydroxyl groups excluding tert-OH is 1. The van der Waals surface area contributed by atoms with Crippen molar-refractivity contribution in [2.45, 2.75) is 38.5 Å². The number of aliphatic hydroxyl groups is 1. The Labute approximate surface area is 127 Å². The molecule has 0 bridgehead atoms. The first kappa shape index (κ1) is 17.7. The molecule has 2 N–H and O–H groups in total. The second-order valence-electron chi connectivity index (χ2n) is 5.36. The summed E-state index contributed by atoms with van der Waals surface area (Å²) in [4.78, 5) is 0.197. The van der Waals surface area contributed by atoms with E-state index in [1.807, 2.05) is 20.8 Å². The highest BCUT2D eigenvalue weighted by molar-refractivity contribution is 7.89. The van der Waals surface area contributed by atoms with E-state index >= 15 is 0 Å². The molecule has 0 radical (unpaired) electrons. The van der Waals surface area contributed by atoms with Crippen LogP contribution in [0.5, 0.6) is 0 Å². The predicted octanol–water partition coefficient (Wildman–Crippen LogP) is 2.05. The third-order valence-electron chi connectivity index (χ3n) is 2.90. The van der Waals surface area contributed by atoms with Crippen LogP contribution in [0.4, 0.5) is 0 Å². The smallest absolute Gasteiger partial charge is 0.241 e. The summed E-state index contributed by atoms with van der Waals surface area (Å²) < 4.78 is 27.3. The highest BCUT2D eigenvalue weighted by Crippen LogP contribution is 2.17. The summed E-state index contributed by atoms with van der Waals surface area (Å²) in [6.07, 6.45) is 1.12. The molecule has 1 aromatic rings. The van der Waals surface area contributed by atoms with E-state index in [1.165, 1.54) is 0 Å². The van der Waals surface area contributed by atoms with E-state index in [4.69, 9.17) is 5.11 Å². The van der Waals surface area contributed by atoms with Gasteiger partial charge in [0.25, 0.3) is 0 Å². The van der Waals surface area contributed by atoms with Crippen molar-refractivity contribution in [3.8, 4) is 11.8 Å². The summed E-state index contributed by atoms with van der Waals surface area (Å²) in [5.41, 5.74) is 1.42. The zero-order valence-corrected chi connectivity index (χ0v) is 13.6. The van der Waals surface area contributed by atoms with E-state index in [0.717, 1.165) is 12.0 Å². The molecular weight excluding hydrogens is 286 g/mol. The van der Waals surface area contributed by atoms with Crippen LogP contribution < -0.4 is 4.72 Å². The van der Waals surface area contributed by atoms with Crippen LogP contribution in [0.3, 0.4) is 0 Å². The number of hydrogen-bond acceptors (Lipinski definition) is 3. The van der Waals surface area contributed by atoms with E-state index in [1.54, 1.807) is 18.2 Å². The van der Waals surface area contributed by atoms with Crippen molar-refractivity contribution in [2.24, 2.45) is 5.92 Å². The Bertz CT molecular complexity index is 625. The van der Waals surface area contributed by atoms with Crippen molar-refractivity contribution in [1.29, 1.82) is 0 Å². The van der Waals surface area contributed by atoms with Gasteiger partial charge in [0.2, 0.25) is 10.0 Å². The van der Waals surface area contributed by atoms with Gasteiger partial charge in [0, 0.05) is 18.5 Å². The fourth-order valence-electron chi connectivity index (χ4n) is 1.75. The van der Waals surface area contributed by atoms with E-state index in [9.17, 15) is 8.42 Å². The average molecular weight is 309 g/mol. The minimum absolute atomic E-state index is 0.0342. The fraction of sp³-hybridized carbons (Fsp3) is 0.500. The molecule has 0 saturated carbocycles. The van der Waals surface area contributed by atoms with Gasteiger partial charge in [-0.05, 0) is 37.0 Å². The zero-order valence-electron chi connectivity index (χ0n) is 12.8. The summed E-state index contributed by atoms with van der Waals surface area (Å²) in [6.45, 7) is 6.36. The van der Waals surface area contributed by atoms with Gasteiger partial charge in [0.1, 0.15) is 0 Å². The topological polar surface area (TPSA) is 66.4 Å². The number of hydrogen-bond donors (Lipinski definition) is 2. The van der Waals surface area contributed by atoms with Crippen LogP contribution in [0, 0.1) is 24.7 Å². The Kier molecular flexibility index (Phi) is 6.90. The van der Waals surface area contributed by atoms with Crippen molar-refractivity contribution in [3.63, 3.8) is 0 Å². The summed E-state index contributed by atoms with van der Waals surface area (Å²) in [5, 5.41) is 8.76. The number of benzene rings is 1. The minimum Gasteiger partial charge on any atom is -0.395 e. The lowest BCUT2D eigenvalue weighted by molar-refractivity contribution is 0.305. The molecule has 0 fully saturated rings. The third kappa shape index (κ3) is 5.88. The largest absolute Gasteiger partial charge is 0.395 e. The molecule has 5 heteroatoms. The summed E-state index contributed by atoms with van der Waals surface area (Å²) in [5.74, 6) is 6.04. The van der Waals surface area contributed by atoms with Crippen LogP contribution in [0.2, 0.25) is 0 Å². The van der Waals surface area contributed by atoms with Crippen LogP contribution in [0.1, 0.15) is 37.8 Å². The highest BCUT2D eigenvalue weighted by atomic mass is 32.2. The fourth-order valence-corrected chi connectivity index (χ4v) is 2.94. The lowest BCUT2D eigenvalue weighted by Gasteiger charge is -2.10. The van der Waals surface area contributed by atoms with Crippen molar-refractivity contribution in [1.82, 2.24) is 4.72 Å². The van der Waals surface area contributed by atoms with Crippen LogP contribution in [-0.4, -0.2) is 26.7 Å². The first-order chi connectivity index (χ1) is 9.86. The highest BCUT2D eigenvalue weighted by Gasteiger charge is 2.17. The Morgan fingerprint density at radius 2 is 2.05 bits per heavy atom. The van der Waals surface area contributed by atoms with Crippen molar-refractivity contribution >= 4 is 10.0 Å². The van der Waals surface area contributed by atoms with Gasteiger partial charge in [-0.3, -0.25) is 0 Å². The maximum absolute atomic E-state index is 12.4. The molecule has 4 nitrogen and oxygen atoms in total. The molecule has 0 heterocycles. The van der Waals surface area contributed by atoms with E-state index in [0.29, 0.717) is 24.4 Å². The number of nitrogens with one attached hydrogen (secondary N) is 1. The molecule has 116 valence electrons. The van der Waals surface area contributed by atoms with Crippen molar-refractivity contribution < 1.29 is 13.5 Å². The first-order valence-electron chi connectivity index (χ1n) is 7.07. The Hall–Kier alpha value is -1.35. The van der Waals surface area contributed by atoms with Gasteiger partial charge in [-0.2, -0.15) is 0 Å². The monoisotopic (exact) mass is 309 g/mol. The Morgan fingerprint density at radius 1 is 1.33 bits per heavy atom. The molecule has 0 aliphatic rings. The maximum atomic E-state index is 12.4. The molecule has 0 spiro atoms. The minimum atomic E-state index is -3.56. The van der Waals surface area contributed by atoms with E-state index < -0.39 is 10.0 Å². The van der Waals surface area contributed by atoms with Gasteiger partial charge in [0.15, 0.2) is 0 Å². The number of sulfonamides is 1. The second kappa shape index (κ2) is 8.18. The van der Waals surface area contributed by atoms with Gasteiger partial charge < -0.3 is 5.11 Å². The number of aryl methyl sites for hydroxylation is 1. The van der Waals surface area contributed by atoms with Gasteiger partial charge in [-0.15, -0.1) is 0 Å². The van der Waals surface area contributed by atoms with Crippen molar-refractivity contribution in [3.05, 3.63) is 29.3 Å². The van der Waals surface area contributed by atoms with Crippen LogP contribution in [-0.2, 0) is 10.0 Å². The van der Waals surface area contributed by atoms with E-state index in [-0.39, 0.29) is 11.5 Å². The second-order valence-corrected chi connectivity index (χ2v) is 7.09. The predicted molar refractivity (Wildman–Crippen MR) is 84.4 cm³/mol. The molecule has 0 amide bonds. The zero-order chi connectivity index (χ0) is 15.9. The average Bonchev–Trinajstić information content (AvgIpc) is 2.38.